The number of hydrogen-bond acceptors (Lipinski definition) is 3. The molecule has 1 fully saturated rings. The Morgan fingerprint density at radius 1 is 1.05 bits per heavy atom. The van der Waals surface area contributed by atoms with Gasteiger partial charge in [0.2, 0.25) is 10.0 Å². The minimum atomic E-state index is -3.46. The molecule has 0 radical (unpaired) electrons. The Morgan fingerprint density at radius 2 is 1.55 bits per heavy atom. The van der Waals surface area contributed by atoms with Crippen LogP contribution < -0.4 is 10.5 Å². The summed E-state index contributed by atoms with van der Waals surface area (Å²) in [6, 6.07) is 3.50. The number of hydrogen-bond donors (Lipinski definition) is 2. The van der Waals surface area contributed by atoms with E-state index in [1.165, 1.54) is 12.8 Å². The molecule has 0 bridgehead atoms. The van der Waals surface area contributed by atoms with Gasteiger partial charge in [0.1, 0.15) is 0 Å². The minimum absolute atomic E-state index is 0.0684. The Bertz CT molecular complexity index is 551. The highest BCUT2D eigenvalue weighted by atomic mass is 32.2. The molecule has 0 amide bonds. The van der Waals surface area contributed by atoms with Crippen molar-refractivity contribution in [3.63, 3.8) is 0 Å². The summed E-state index contributed by atoms with van der Waals surface area (Å²) in [6.45, 7) is 3.59. The zero-order chi connectivity index (χ0) is 14.8. The van der Waals surface area contributed by atoms with Gasteiger partial charge in [-0.25, -0.2) is 13.1 Å². The van der Waals surface area contributed by atoms with E-state index in [1.807, 2.05) is 0 Å². The van der Waals surface area contributed by atoms with Crippen molar-refractivity contribution < 1.29 is 8.42 Å². The van der Waals surface area contributed by atoms with Gasteiger partial charge in [0.25, 0.3) is 0 Å². The second-order valence-corrected chi connectivity index (χ2v) is 7.44. The van der Waals surface area contributed by atoms with Crippen LogP contribution in [0.15, 0.2) is 17.0 Å². The maximum absolute atomic E-state index is 12.6. The van der Waals surface area contributed by atoms with E-state index >= 15 is 0 Å². The molecule has 0 atom stereocenters. The number of nitrogens with one attached hydrogen (secondary N) is 1. The molecule has 0 aliphatic heterocycles. The van der Waals surface area contributed by atoms with Crippen LogP contribution in [0.2, 0.25) is 0 Å². The Morgan fingerprint density at radius 3 is 2.05 bits per heavy atom. The standard InChI is InChI=1S/C15H24N2O2S/c1-11-9-13(16)10-12(2)15(11)20(18,19)17-14-7-5-3-4-6-8-14/h9-10,14,17H,3-8,16H2,1-2H3. The van der Waals surface area contributed by atoms with Crippen molar-refractivity contribution in [3.05, 3.63) is 23.3 Å². The van der Waals surface area contributed by atoms with Gasteiger partial charge in [0.05, 0.1) is 4.90 Å². The van der Waals surface area contributed by atoms with Crippen molar-refractivity contribution in [3.8, 4) is 0 Å². The van der Waals surface area contributed by atoms with Gasteiger partial charge in [-0.05, 0) is 49.9 Å². The number of nitrogens with two attached hydrogens (primary N) is 1. The molecule has 0 saturated heterocycles. The van der Waals surface area contributed by atoms with E-state index < -0.39 is 10.0 Å². The number of benzene rings is 1. The molecular weight excluding hydrogens is 272 g/mol. The first-order chi connectivity index (χ1) is 9.40. The zero-order valence-electron chi connectivity index (χ0n) is 12.3. The topological polar surface area (TPSA) is 72.2 Å². The first kappa shape index (κ1) is 15.3. The molecule has 2 rings (SSSR count). The predicted molar refractivity (Wildman–Crippen MR) is 82.1 cm³/mol. The fraction of sp³-hybridized carbons (Fsp3) is 0.600. The Labute approximate surface area is 121 Å². The van der Waals surface area contributed by atoms with Crippen LogP contribution in [0.1, 0.15) is 49.7 Å². The number of sulfonamides is 1. The molecule has 1 aromatic carbocycles. The van der Waals surface area contributed by atoms with Crippen LogP contribution in [0, 0.1) is 13.8 Å². The summed E-state index contributed by atoms with van der Waals surface area (Å²) in [5, 5.41) is 0. The quantitative estimate of drug-likeness (QED) is 0.665. The van der Waals surface area contributed by atoms with Gasteiger partial charge in [-0.15, -0.1) is 0 Å². The molecule has 5 heteroatoms. The smallest absolute Gasteiger partial charge is 0.241 e. The van der Waals surface area contributed by atoms with Crippen LogP contribution in [-0.2, 0) is 10.0 Å². The van der Waals surface area contributed by atoms with E-state index in [4.69, 9.17) is 5.73 Å². The van der Waals surface area contributed by atoms with Gasteiger partial charge in [0, 0.05) is 11.7 Å². The summed E-state index contributed by atoms with van der Waals surface area (Å²) >= 11 is 0. The Balaban J connectivity index is 2.26. The minimum Gasteiger partial charge on any atom is -0.399 e. The largest absolute Gasteiger partial charge is 0.399 e. The van der Waals surface area contributed by atoms with E-state index in [2.05, 4.69) is 4.72 Å². The van der Waals surface area contributed by atoms with Crippen LogP contribution in [0.3, 0.4) is 0 Å². The van der Waals surface area contributed by atoms with Gasteiger partial charge in [0.15, 0.2) is 0 Å². The van der Waals surface area contributed by atoms with E-state index in [9.17, 15) is 8.42 Å². The molecule has 0 spiro atoms. The molecule has 4 nitrogen and oxygen atoms in total. The summed E-state index contributed by atoms with van der Waals surface area (Å²) in [6.07, 6.45) is 6.49. The van der Waals surface area contributed by atoms with Crippen LogP contribution in [0.5, 0.6) is 0 Å². The Hall–Kier alpha value is -1.07. The maximum Gasteiger partial charge on any atom is 0.241 e. The average Bonchev–Trinajstić information content (AvgIpc) is 2.54. The van der Waals surface area contributed by atoms with Gasteiger partial charge in [-0.2, -0.15) is 0 Å². The average molecular weight is 296 g/mol. The lowest BCUT2D eigenvalue weighted by atomic mass is 10.1. The predicted octanol–water partition coefficient (Wildman–Crippen LogP) is 2.89. The molecule has 0 heterocycles. The van der Waals surface area contributed by atoms with Crippen molar-refractivity contribution in [2.24, 2.45) is 0 Å². The van der Waals surface area contributed by atoms with Crippen LogP contribution in [0.25, 0.3) is 0 Å². The van der Waals surface area contributed by atoms with Crippen LogP contribution in [0.4, 0.5) is 5.69 Å². The number of aryl methyl sites for hydroxylation is 2. The molecule has 1 aromatic rings. The second-order valence-electron chi connectivity index (χ2n) is 5.79. The summed E-state index contributed by atoms with van der Waals surface area (Å²) in [5.74, 6) is 0. The fourth-order valence-electron chi connectivity index (χ4n) is 3.08. The molecule has 1 aliphatic carbocycles. The molecule has 1 aliphatic rings. The summed E-state index contributed by atoms with van der Waals surface area (Å²) in [7, 11) is -3.46. The SMILES string of the molecule is Cc1cc(N)cc(C)c1S(=O)(=O)NC1CCCCCC1. The molecule has 0 unspecified atom stereocenters. The van der Waals surface area contributed by atoms with Gasteiger partial charge in [-0.3, -0.25) is 0 Å². The molecule has 0 aromatic heterocycles. The number of rotatable bonds is 3. The first-order valence-electron chi connectivity index (χ1n) is 7.29. The van der Waals surface area contributed by atoms with Crippen molar-refractivity contribution in [2.75, 3.05) is 5.73 Å². The first-order valence-corrected chi connectivity index (χ1v) is 8.77. The highest BCUT2D eigenvalue weighted by Crippen LogP contribution is 2.25. The van der Waals surface area contributed by atoms with E-state index in [0.717, 1.165) is 25.7 Å². The van der Waals surface area contributed by atoms with Crippen molar-refractivity contribution in [2.45, 2.75) is 63.3 Å². The normalized spacial score (nSPS) is 17.9. The zero-order valence-corrected chi connectivity index (χ0v) is 13.1. The highest BCUT2D eigenvalue weighted by Gasteiger charge is 2.24. The highest BCUT2D eigenvalue weighted by molar-refractivity contribution is 7.89. The van der Waals surface area contributed by atoms with Crippen LogP contribution >= 0.6 is 0 Å². The van der Waals surface area contributed by atoms with Crippen molar-refractivity contribution >= 4 is 15.7 Å². The molecule has 112 valence electrons. The lowest BCUT2D eigenvalue weighted by Gasteiger charge is -2.19. The molecule has 3 N–H and O–H groups in total. The summed E-state index contributed by atoms with van der Waals surface area (Å²) in [4.78, 5) is 0.385. The lowest BCUT2D eigenvalue weighted by Crippen LogP contribution is -2.35. The monoisotopic (exact) mass is 296 g/mol. The van der Waals surface area contributed by atoms with Crippen molar-refractivity contribution in [1.29, 1.82) is 0 Å². The third-order valence-electron chi connectivity index (χ3n) is 3.93. The number of anilines is 1. The summed E-state index contributed by atoms with van der Waals surface area (Å²) in [5.41, 5.74) is 7.79. The van der Waals surface area contributed by atoms with E-state index in [0.29, 0.717) is 21.7 Å². The van der Waals surface area contributed by atoms with Gasteiger partial charge >= 0.3 is 0 Å². The molecule has 1 saturated carbocycles. The fourth-order valence-corrected chi connectivity index (χ4v) is 4.84. The van der Waals surface area contributed by atoms with E-state index in [1.54, 1.807) is 26.0 Å². The van der Waals surface area contributed by atoms with Gasteiger partial charge < -0.3 is 5.73 Å². The molecular formula is C15H24N2O2S. The third kappa shape index (κ3) is 3.52. The number of nitrogen functional groups attached to an aromatic ring is 1. The van der Waals surface area contributed by atoms with E-state index in [-0.39, 0.29) is 6.04 Å². The molecule has 20 heavy (non-hydrogen) atoms. The second kappa shape index (κ2) is 6.14. The van der Waals surface area contributed by atoms with Crippen molar-refractivity contribution in [1.82, 2.24) is 4.72 Å². The van der Waals surface area contributed by atoms with Gasteiger partial charge in [-0.1, -0.05) is 25.7 Å². The van der Waals surface area contributed by atoms with Crippen LogP contribution in [-0.4, -0.2) is 14.5 Å². The lowest BCUT2D eigenvalue weighted by molar-refractivity contribution is 0.509. The maximum atomic E-state index is 12.6. The Kier molecular flexibility index (Phi) is 4.70. The summed E-state index contributed by atoms with van der Waals surface area (Å²) < 4.78 is 28.1. The third-order valence-corrected chi connectivity index (χ3v) is 5.75.